The summed E-state index contributed by atoms with van der Waals surface area (Å²) in [7, 11) is 0. The van der Waals surface area contributed by atoms with E-state index >= 15 is 0 Å². The molecule has 0 unspecified atom stereocenters. The van der Waals surface area contributed by atoms with E-state index < -0.39 is 5.91 Å². The number of hydrogen-bond acceptors (Lipinski definition) is 6. The molecular formula is C33H30N2O5. The number of carbonyl (C=O) groups is 1. The molecule has 0 aliphatic rings. The van der Waals surface area contributed by atoms with E-state index in [9.17, 15) is 10.1 Å². The molecule has 0 aromatic heterocycles. The fraction of sp³-hybridized carbons (Fsp3) is 0.152. The topological polar surface area (TPSA) is 89.8 Å². The number of amides is 1. The van der Waals surface area contributed by atoms with Crippen LogP contribution in [0.2, 0.25) is 0 Å². The molecule has 0 aliphatic carbocycles. The van der Waals surface area contributed by atoms with Crippen LogP contribution in [0.4, 0.5) is 0 Å². The number of hydrogen-bond donors (Lipinski definition) is 1. The lowest BCUT2D eigenvalue weighted by atomic mass is 10.1. The molecule has 0 saturated carbocycles. The Balaban J connectivity index is 1.33. The molecule has 7 nitrogen and oxygen atoms in total. The average Bonchev–Trinajstić information content (AvgIpc) is 2.99. The molecule has 1 amide bonds. The van der Waals surface area contributed by atoms with Gasteiger partial charge in [-0.1, -0.05) is 54.6 Å². The van der Waals surface area contributed by atoms with Crippen molar-refractivity contribution >= 4 is 12.0 Å². The van der Waals surface area contributed by atoms with Crippen LogP contribution in [0.3, 0.4) is 0 Å². The Morgan fingerprint density at radius 1 is 0.775 bits per heavy atom. The third-order valence-corrected chi connectivity index (χ3v) is 5.65. The normalized spacial score (nSPS) is 10.8. The molecule has 0 fully saturated rings. The van der Waals surface area contributed by atoms with Gasteiger partial charge in [0.15, 0.2) is 11.5 Å². The van der Waals surface area contributed by atoms with Gasteiger partial charge >= 0.3 is 0 Å². The minimum atomic E-state index is -0.469. The highest BCUT2D eigenvalue weighted by Crippen LogP contribution is 2.29. The number of nitrogens with zero attached hydrogens (tertiary/aromatic N) is 1. The number of para-hydroxylation sites is 2. The highest BCUT2D eigenvalue weighted by molar-refractivity contribution is 6.01. The van der Waals surface area contributed by atoms with E-state index in [2.05, 4.69) is 5.32 Å². The Morgan fingerprint density at radius 3 is 2.10 bits per heavy atom. The van der Waals surface area contributed by atoms with Crippen molar-refractivity contribution in [2.24, 2.45) is 0 Å². The van der Waals surface area contributed by atoms with E-state index in [-0.39, 0.29) is 12.1 Å². The summed E-state index contributed by atoms with van der Waals surface area (Å²) in [5, 5.41) is 12.4. The Kier molecular flexibility index (Phi) is 10.2. The lowest BCUT2D eigenvalue weighted by Crippen LogP contribution is -2.23. The summed E-state index contributed by atoms with van der Waals surface area (Å²) in [6, 6.07) is 33.7. The fourth-order valence-electron chi connectivity index (χ4n) is 3.72. The Hall–Kier alpha value is -5.22. The monoisotopic (exact) mass is 534 g/mol. The van der Waals surface area contributed by atoms with Crippen molar-refractivity contribution in [3.05, 3.63) is 120 Å². The van der Waals surface area contributed by atoms with Crippen molar-refractivity contribution in [3.8, 4) is 34.8 Å². The molecule has 0 bridgehead atoms. The second-order valence-electron chi connectivity index (χ2n) is 8.56. The molecule has 202 valence electrons. The largest absolute Gasteiger partial charge is 0.490 e. The predicted octanol–water partition coefficient (Wildman–Crippen LogP) is 6.56. The van der Waals surface area contributed by atoms with Crippen molar-refractivity contribution in [2.75, 3.05) is 19.8 Å². The van der Waals surface area contributed by atoms with Crippen LogP contribution in [0.25, 0.3) is 6.08 Å². The van der Waals surface area contributed by atoms with Gasteiger partial charge in [0, 0.05) is 6.54 Å². The molecule has 7 heteroatoms. The molecule has 0 spiro atoms. The maximum atomic E-state index is 12.7. The van der Waals surface area contributed by atoms with Gasteiger partial charge in [-0.15, -0.1) is 0 Å². The molecule has 0 heterocycles. The first-order valence-electron chi connectivity index (χ1n) is 12.9. The second-order valence-corrected chi connectivity index (χ2v) is 8.56. The number of nitriles is 1. The van der Waals surface area contributed by atoms with Crippen LogP contribution < -0.4 is 24.3 Å². The van der Waals surface area contributed by atoms with Gasteiger partial charge in [-0.2, -0.15) is 5.26 Å². The SMILES string of the molecule is CCOc1cc(/C=C(\C#N)C(=O)NCc2ccc(Oc3ccccc3)cc2)ccc1OCCOc1ccccc1. The van der Waals surface area contributed by atoms with Crippen molar-refractivity contribution in [2.45, 2.75) is 13.5 Å². The van der Waals surface area contributed by atoms with Gasteiger partial charge in [-0.05, 0) is 72.7 Å². The highest BCUT2D eigenvalue weighted by atomic mass is 16.5. The lowest BCUT2D eigenvalue weighted by molar-refractivity contribution is -0.117. The van der Waals surface area contributed by atoms with Crippen molar-refractivity contribution in [3.63, 3.8) is 0 Å². The van der Waals surface area contributed by atoms with Crippen molar-refractivity contribution in [1.29, 1.82) is 5.26 Å². The van der Waals surface area contributed by atoms with Crippen LogP contribution in [0.15, 0.2) is 109 Å². The van der Waals surface area contributed by atoms with Crippen LogP contribution in [0.1, 0.15) is 18.1 Å². The summed E-state index contributed by atoms with van der Waals surface area (Å²) in [6.07, 6.45) is 1.52. The van der Waals surface area contributed by atoms with E-state index in [0.29, 0.717) is 42.6 Å². The van der Waals surface area contributed by atoms with E-state index in [0.717, 1.165) is 17.1 Å². The van der Waals surface area contributed by atoms with Crippen LogP contribution >= 0.6 is 0 Å². The quantitative estimate of drug-likeness (QED) is 0.119. The van der Waals surface area contributed by atoms with Gasteiger partial charge in [0.25, 0.3) is 5.91 Å². The van der Waals surface area contributed by atoms with Crippen LogP contribution in [0.5, 0.6) is 28.7 Å². The Labute approximate surface area is 234 Å². The van der Waals surface area contributed by atoms with E-state index in [1.54, 1.807) is 18.2 Å². The molecule has 1 N–H and O–H groups in total. The van der Waals surface area contributed by atoms with Gasteiger partial charge in [0.2, 0.25) is 0 Å². The van der Waals surface area contributed by atoms with Crippen molar-refractivity contribution in [1.82, 2.24) is 5.32 Å². The molecule has 4 aromatic carbocycles. The summed E-state index contributed by atoms with van der Waals surface area (Å²) in [6.45, 7) is 3.28. The number of benzene rings is 4. The van der Waals surface area contributed by atoms with Crippen molar-refractivity contribution < 1.29 is 23.7 Å². The standard InChI is InChI=1S/C33H30N2O5/c1-2-37-32-22-26(15-18-31(32)39-20-19-38-28-9-5-3-6-10-28)21-27(23-34)33(36)35-24-25-13-16-30(17-14-25)40-29-11-7-4-8-12-29/h3-18,21-22H,2,19-20,24H2,1H3,(H,35,36)/b27-21+. The van der Waals surface area contributed by atoms with Gasteiger partial charge in [0.1, 0.15) is 42.1 Å². The van der Waals surface area contributed by atoms with Crippen LogP contribution in [0, 0.1) is 11.3 Å². The Morgan fingerprint density at radius 2 is 1.43 bits per heavy atom. The molecule has 0 atom stereocenters. The Bertz CT molecular complexity index is 1450. The van der Waals surface area contributed by atoms with Gasteiger partial charge in [-0.3, -0.25) is 4.79 Å². The zero-order chi connectivity index (χ0) is 28.0. The predicted molar refractivity (Wildman–Crippen MR) is 153 cm³/mol. The third kappa shape index (κ3) is 8.40. The summed E-state index contributed by atoms with van der Waals surface area (Å²) < 4.78 is 23.0. The molecule has 0 radical (unpaired) electrons. The van der Waals surface area contributed by atoms with E-state index in [4.69, 9.17) is 18.9 Å². The molecule has 0 saturated heterocycles. The fourth-order valence-corrected chi connectivity index (χ4v) is 3.72. The maximum Gasteiger partial charge on any atom is 0.262 e. The van der Waals surface area contributed by atoms with Crippen LogP contribution in [-0.2, 0) is 11.3 Å². The van der Waals surface area contributed by atoms with E-state index in [1.165, 1.54) is 6.08 Å². The minimum Gasteiger partial charge on any atom is -0.490 e. The molecule has 4 aromatic rings. The van der Waals surface area contributed by atoms with Gasteiger partial charge < -0.3 is 24.3 Å². The summed E-state index contributed by atoms with van der Waals surface area (Å²) in [4.78, 5) is 12.7. The van der Waals surface area contributed by atoms with Gasteiger partial charge in [0.05, 0.1) is 6.61 Å². The molecule has 0 aliphatic heterocycles. The first kappa shape index (κ1) is 27.8. The minimum absolute atomic E-state index is 0.0172. The third-order valence-electron chi connectivity index (χ3n) is 5.65. The summed E-state index contributed by atoms with van der Waals surface area (Å²) in [5.74, 6) is 2.82. The zero-order valence-electron chi connectivity index (χ0n) is 22.2. The van der Waals surface area contributed by atoms with E-state index in [1.807, 2.05) is 97.9 Å². The molecule has 4 rings (SSSR count). The molecule has 40 heavy (non-hydrogen) atoms. The summed E-state index contributed by atoms with van der Waals surface area (Å²) in [5.41, 5.74) is 1.50. The first-order valence-corrected chi connectivity index (χ1v) is 12.9. The number of ether oxygens (including phenoxy) is 4. The first-order chi connectivity index (χ1) is 19.6. The highest BCUT2D eigenvalue weighted by Gasteiger charge is 2.11. The second kappa shape index (κ2) is 14.6. The smallest absolute Gasteiger partial charge is 0.262 e. The number of carbonyl (C=O) groups excluding carboxylic acids is 1. The summed E-state index contributed by atoms with van der Waals surface area (Å²) >= 11 is 0. The number of rotatable bonds is 13. The zero-order valence-corrected chi connectivity index (χ0v) is 22.2. The van der Waals surface area contributed by atoms with Gasteiger partial charge in [-0.25, -0.2) is 0 Å². The lowest BCUT2D eigenvalue weighted by Gasteiger charge is -2.13. The average molecular weight is 535 g/mol. The maximum absolute atomic E-state index is 12.7. The van der Waals surface area contributed by atoms with Crippen LogP contribution in [-0.4, -0.2) is 25.7 Å². The molecular weight excluding hydrogens is 504 g/mol. The number of nitrogens with one attached hydrogen (secondary N) is 1.